The molecular formula is C16H18ClN5O. The Morgan fingerprint density at radius 2 is 2.22 bits per heavy atom. The van der Waals surface area contributed by atoms with Crippen molar-refractivity contribution in [3.05, 3.63) is 35.1 Å². The van der Waals surface area contributed by atoms with Crippen molar-refractivity contribution in [3.63, 3.8) is 0 Å². The maximum Gasteiger partial charge on any atom is 0.142 e. The van der Waals surface area contributed by atoms with Crippen LogP contribution >= 0.6 is 11.6 Å². The van der Waals surface area contributed by atoms with Crippen LogP contribution in [0.15, 0.2) is 24.4 Å². The molecule has 6 nitrogen and oxygen atoms in total. The van der Waals surface area contributed by atoms with Crippen molar-refractivity contribution in [2.75, 3.05) is 12.3 Å². The van der Waals surface area contributed by atoms with E-state index in [0.29, 0.717) is 23.2 Å². The van der Waals surface area contributed by atoms with Gasteiger partial charge in [-0.3, -0.25) is 9.67 Å². The zero-order chi connectivity index (χ0) is 16.2. The van der Waals surface area contributed by atoms with E-state index in [1.807, 2.05) is 29.7 Å². The third kappa shape index (κ3) is 2.34. The number of nitrogens with one attached hydrogen (secondary N) is 1. The Morgan fingerprint density at radius 1 is 1.43 bits per heavy atom. The number of nitrogen functional groups attached to an aromatic ring is 1. The number of benzene rings is 1. The van der Waals surface area contributed by atoms with E-state index in [4.69, 9.17) is 27.8 Å². The molecule has 0 radical (unpaired) electrons. The number of aromatic nitrogens is 3. The summed E-state index contributed by atoms with van der Waals surface area (Å²) in [6.07, 6.45) is 3.70. The van der Waals surface area contributed by atoms with Gasteiger partial charge in [-0.1, -0.05) is 11.6 Å². The lowest BCUT2D eigenvalue weighted by Gasteiger charge is -2.17. The number of nitrogens with zero attached hydrogens (tertiary/aromatic N) is 2. The Balaban J connectivity index is 1.88. The van der Waals surface area contributed by atoms with Gasteiger partial charge >= 0.3 is 0 Å². The summed E-state index contributed by atoms with van der Waals surface area (Å²) in [7, 11) is 0. The number of halogens is 1. The van der Waals surface area contributed by atoms with Crippen molar-refractivity contribution < 1.29 is 4.74 Å². The van der Waals surface area contributed by atoms with Crippen LogP contribution < -0.4 is 16.2 Å². The molecule has 120 valence electrons. The molecule has 2 aromatic heterocycles. The monoisotopic (exact) mass is 331 g/mol. The maximum absolute atomic E-state index is 6.65. The zero-order valence-electron chi connectivity index (χ0n) is 12.8. The minimum Gasteiger partial charge on any atom is -0.490 e. The van der Waals surface area contributed by atoms with Gasteiger partial charge in [0.05, 0.1) is 22.9 Å². The highest BCUT2D eigenvalue weighted by Crippen LogP contribution is 2.40. The van der Waals surface area contributed by atoms with Gasteiger partial charge in [-0.05, 0) is 31.9 Å². The lowest BCUT2D eigenvalue weighted by molar-refractivity contribution is 0.280. The molecule has 0 spiro atoms. The number of aryl methyl sites for hydroxylation is 1. The summed E-state index contributed by atoms with van der Waals surface area (Å²) >= 11 is 6.65. The molecule has 0 unspecified atom stereocenters. The number of fused-ring (bicyclic) bond motifs is 1. The average molecular weight is 332 g/mol. The van der Waals surface area contributed by atoms with Gasteiger partial charge in [-0.25, -0.2) is 0 Å². The number of rotatable bonds is 4. The first-order valence-electron chi connectivity index (χ1n) is 7.50. The number of anilines is 1. The normalized spacial score (nSPS) is 16.0. The van der Waals surface area contributed by atoms with Crippen LogP contribution in [0, 0.1) is 6.92 Å². The minimum absolute atomic E-state index is 0.213. The number of aromatic amines is 1. The molecule has 1 saturated carbocycles. The molecule has 1 aliphatic rings. The number of hydrogen-bond acceptors (Lipinski definition) is 4. The standard InChI is InChI=1S/C16H18ClN5O/c1-9-2-3-13(18)22(9)15-10-7-20-21-11(10)6-12(14(15)17)23-8-16(19)4-5-16/h2-3,6-7H,4-5,8,18-19H2,1H3,(H,20,21). The molecule has 0 saturated heterocycles. The fourth-order valence-electron chi connectivity index (χ4n) is 2.74. The summed E-state index contributed by atoms with van der Waals surface area (Å²) in [5, 5.41) is 8.48. The molecule has 0 amide bonds. The molecule has 0 bridgehead atoms. The average Bonchev–Trinajstić information content (AvgIpc) is 2.92. The summed E-state index contributed by atoms with van der Waals surface area (Å²) in [6, 6.07) is 5.66. The van der Waals surface area contributed by atoms with Crippen LogP contribution in [0.2, 0.25) is 5.02 Å². The van der Waals surface area contributed by atoms with E-state index in [0.717, 1.165) is 35.1 Å². The van der Waals surface area contributed by atoms with Gasteiger partial charge in [0.1, 0.15) is 23.2 Å². The van der Waals surface area contributed by atoms with Gasteiger partial charge in [-0.2, -0.15) is 5.10 Å². The predicted octanol–water partition coefficient (Wildman–Crippen LogP) is 2.77. The number of ether oxygens (including phenoxy) is 1. The van der Waals surface area contributed by atoms with Gasteiger partial charge in [0.25, 0.3) is 0 Å². The van der Waals surface area contributed by atoms with Crippen LogP contribution in [0.4, 0.5) is 5.82 Å². The van der Waals surface area contributed by atoms with E-state index in [9.17, 15) is 0 Å². The minimum atomic E-state index is -0.213. The number of hydrogen-bond donors (Lipinski definition) is 3. The SMILES string of the molecule is Cc1ccc(N)n1-c1c(Cl)c(OCC2(N)CC2)cc2[nH]ncc12. The van der Waals surface area contributed by atoms with Gasteiger partial charge < -0.3 is 16.2 Å². The second-order valence-corrected chi connectivity index (χ2v) is 6.63. The molecule has 7 heteroatoms. The Labute approximate surface area is 138 Å². The van der Waals surface area contributed by atoms with E-state index in [-0.39, 0.29) is 5.54 Å². The molecule has 3 aromatic rings. The van der Waals surface area contributed by atoms with Crippen LogP contribution in [0.1, 0.15) is 18.5 Å². The summed E-state index contributed by atoms with van der Waals surface area (Å²) in [5.74, 6) is 1.20. The van der Waals surface area contributed by atoms with Gasteiger partial charge in [0.15, 0.2) is 0 Å². The van der Waals surface area contributed by atoms with Crippen molar-refractivity contribution in [1.29, 1.82) is 0 Å². The second-order valence-electron chi connectivity index (χ2n) is 6.25. The highest BCUT2D eigenvalue weighted by atomic mass is 35.5. The van der Waals surface area contributed by atoms with E-state index in [1.165, 1.54) is 0 Å². The van der Waals surface area contributed by atoms with Crippen molar-refractivity contribution in [3.8, 4) is 11.4 Å². The van der Waals surface area contributed by atoms with Crippen molar-refractivity contribution in [1.82, 2.24) is 14.8 Å². The zero-order valence-corrected chi connectivity index (χ0v) is 13.5. The number of H-pyrrole nitrogens is 1. The smallest absolute Gasteiger partial charge is 0.142 e. The highest BCUT2D eigenvalue weighted by Gasteiger charge is 2.39. The summed E-state index contributed by atoms with van der Waals surface area (Å²) < 4.78 is 7.81. The lowest BCUT2D eigenvalue weighted by atomic mass is 10.2. The lowest BCUT2D eigenvalue weighted by Crippen LogP contribution is -2.29. The van der Waals surface area contributed by atoms with Gasteiger partial charge in [-0.15, -0.1) is 0 Å². The Bertz CT molecular complexity index is 874. The van der Waals surface area contributed by atoms with Crippen LogP contribution in [0.5, 0.6) is 5.75 Å². The van der Waals surface area contributed by atoms with Crippen LogP contribution in [-0.2, 0) is 0 Å². The van der Waals surface area contributed by atoms with Crippen molar-refractivity contribution in [2.45, 2.75) is 25.3 Å². The van der Waals surface area contributed by atoms with E-state index >= 15 is 0 Å². The molecule has 1 aliphatic carbocycles. The molecule has 5 N–H and O–H groups in total. The molecule has 0 aliphatic heterocycles. The maximum atomic E-state index is 6.65. The topological polar surface area (TPSA) is 94.9 Å². The molecule has 1 aromatic carbocycles. The van der Waals surface area contributed by atoms with E-state index < -0.39 is 0 Å². The Morgan fingerprint density at radius 3 is 2.87 bits per heavy atom. The fourth-order valence-corrected chi connectivity index (χ4v) is 3.03. The van der Waals surface area contributed by atoms with Crippen LogP contribution in [0.3, 0.4) is 0 Å². The number of nitrogens with two attached hydrogens (primary N) is 2. The molecule has 0 atom stereocenters. The fraction of sp³-hybridized carbons (Fsp3) is 0.312. The Kier molecular flexibility index (Phi) is 3.08. The summed E-state index contributed by atoms with van der Waals surface area (Å²) in [5.41, 5.74) is 14.6. The van der Waals surface area contributed by atoms with Crippen molar-refractivity contribution in [2.24, 2.45) is 5.73 Å². The molecular weight excluding hydrogens is 314 g/mol. The van der Waals surface area contributed by atoms with Crippen LogP contribution in [-0.4, -0.2) is 26.9 Å². The van der Waals surface area contributed by atoms with Crippen molar-refractivity contribution >= 4 is 28.3 Å². The van der Waals surface area contributed by atoms with E-state index in [1.54, 1.807) is 6.20 Å². The third-order valence-electron chi connectivity index (χ3n) is 4.36. The molecule has 4 rings (SSSR count). The largest absolute Gasteiger partial charge is 0.490 e. The first-order chi connectivity index (χ1) is 11.0. The first kappa shape index (κ1) is 14.4. The molecule has 23 heavy (non-hydrogen) atoms. The Hall–Kier alpha value is -2.18. The quantitative estimate of drug-likeness (QED) is 0.685. The second kappa shape index (κ2) is 4.91. The first-order valence-corrected chi connectivity index (χ1v) is 7.88. The predicted molar refractivity (Wildman–Crippen MR) is 91.2 cm³/mol. The third-order valence-corrected chi connectivity index (χ3v) is 4.73. The van der Waals surface area contributed by atoms with Crippen LogP contribution in [0.25, 0.3) is 16.6 Å². The molecule has 2 heterocycles. The van der Waals surface area contributed by atoms with Gasteiger partial charge in [0.2, 0.25) is 0 Å². The van der Waals surface area contributed by atoms with Gasteiger partial charge in [0, 0.05) is 17.1 Å². The summed E-state index contributed by atoms with van der Waals surface area (Å²) in [6.45, 7) is 2.43. The molecule has 1 fully saturated rings. The summed E-state index contributed by atoms with van der Waals surface area (Å²) in [4.78, 5) is 0. The van der Waals surface area contributed by atoms with E-state index in [2.05, 4.69) is 10.2 Å². The highest BCUT2D eigenvalue weighted by molar-refractivity contribution is 6.35.